The van der Waals surface area contributed by atoms with Gasteiger partial charge in [0.05, 0.1) is 0 Å². The van der Waals surface area contributed by atoms with E-state index in [0.29, 0.717) is 6.04 Å². The highest BCUT2D eigenvalue weighted by molar-refractivity contribution is 4.81. The molecule has 0 aromatic rings. The van der Waals surface area contributed by atoms with Crippen LogP contribution in [0, 0.1) is 0 Å². The lowest BCUT2D eigenvalue weighted by Gasteiger charge is -2.16. The van der Waals surface area contributed by atoms with Crippen LogP contribution in [0.15, 0.2) is 0 Å². The molecule has 9 heavy (non-hydrogen) atoms. The van der Waals surface area contributed by atoms with Crippen LogP contribution in [0.4, 0.5) is 0 Å². The van der Waals surface area contributed by atoms with Crippen molar-refractivity contribution in [2.45, 2.75) is 18.7 Å². The molecule has 0 spiro atoms. The fourth-order valence-corrected chi connectivity index (χ4v) is 1.22. The Kier molecular flexibility index (Phi) is 2.45. The maximum absolute atomic E-state index is 5.14. The summed E-state index contributed by atoms with van der Waals surface area (Å²) in [6.07, 6.45) is 1.38. The van der Waals surface area contributed by atoms with Crippen LogP contribution in [0.5, 0.6) is 0 Å². The smallest absolute Gasteiger partial charge is 0.123 e. The zero-order valence-electron chi connectivity index (χ0n) is 5.98. The van der Waals surface area contributed by atoms with Crippen LogP contribution in [-0.2, 0) is 4.74 Å². The van der Waals surface area contributed by atoms with E-state index in [2.05, 4.69) is 10.6 Å². The van der Waals surface area contributed by atoms with E-state index in [-0.39, 0.29) is 6.23 Å². The molecule has 1 aliphatic rings. The van der Waals surface area contributed by atoms with Gasteiger partial charge in [0.2, 0.25) is 0 Å². The molecule has 0 amide bonds. The van der Waals surface area contributed by atoms with Crippen molar-refractivity contribution in [1.82, 2.24) is 10.6 Å². The monoisotopic (exact) mass is 130 g/mol. The van der Waals surface area contributed by atoms with Crippen LogP contribution in [0.25, 0.3) is 0 Å². The van der Waals surface area contributed by atoms with Crippen LogP contribution in [-0.4, -0.2) is 33.0 Å². The normalized spacial score (nSPS) is 35.3. The van der Waals surface area contributed by atoms with Gasteiger partial charge in [-0.2, -0.15) is 0 Å². The lowest BCUT2D eigenvalue weighted by atomic mass is 10.2. The summed E-state index contributed by atoms with van der Waals surface area (Å²) in [5.41, 5.74) is 0. The molecule has 0 aromatic heterocycles. The highest BCUT2D eigenvalue weighted by atomic mass is 16.5. The Balaban J connectivity index is 2.32. The third-order valence-electron chi connectivity index (χ3n) is 1.79. The van der Waals surface area contributed by atoms with E-state index < -0.39 is 0 Å². The first-order valence-corrected chi connectivity index (χ1v) is 3.32. The molecule has 1 aliphatic heterocycles. The van der Waals surface area contributed by atoms with E-state index in [1.807, 2.05) is 7.05 Å². The predicted octanol–water partition coefficient (Wildman–Crippen LogP) is -0.460. The van der Waals surface area contributed by atoms with E-state index in [1.165, 1.54) is 0 Å². The SMILES string of the molecule is CNC1CCNC1OC. The molecule has 54 valence electrons. The molecule has 1 fully saturated rings. The van der Waals surface area contributed by atoms with Crippen molar-refractivity contribution < 1.29 is 4.74 Å². The average molecular weight is 130 g/mol. The topological polar surface area (TPSA) is 33.3 Å². The minimum atomic E-state index is 0.218. The quantitative estimate of drug-likeness (QED) is 0.530. The molecule has 1 rings (SSSR count). The number of likely N-dealkylation sites (N-methyl/N-ethyl adjacent to an activating group) is 1. The number of hydrogen-bond acceptors (Lipinski definition) is 3. The minimum absolute atomic E-state index is 0.218. The van der Waals surface area contributed by atoms with Crippen LogP contribution in [0.3, 0.4) is 0 Å². The first-order valence-electron chi connectivity index (χ1n) is 3.32. The molecule has 2 unspecified atom stereocenters. The van der Waals surface area contributed by atoms with Gasteiger partial charge in [-0.3, -0.25) is 5.32 Å². The fourth-order valence-electron chi connectivity index (χ4n) is 1.22. The van der Waals surface area contributed by atoms with Crippen molar-refractivity contribution in [3.63, 3.8) is 0 Å². The zero-order valence-corrected chi connectivity index (χ0v) is 5.98. The molecule has 0 saturated carbocycles. The second-order valence-corrected chi connectivity index (χ2v) is 2.29. The summed E-state index contributed by atoms with van der Waals surface area (Å²) in [4.78, 5) is 0. The Bertz CT molecular complexity index is 77.1. The van der Waals surface area contributed by atoms with Gasteiger partial charge in [-0.05, 0) is 20.0 Å². The third kappa shape index (κ3) is 1.41. The summed E-state index contributed by atoms with van der Waals surface area (Å²) in [6, 6.07) is 0.495. The van der Waals surface area contributed by atoms with E-state index in [0.717, 1.165) is 13.0 Å². The van der Waals surface area contributed by atoms with Crippen molar-refractivity contribution in [3.8, 4) is 0 Å². The molecular formula is C6H14N2O. The Morgan fingerprint density at radius 3 is 2.89 bits per heavy atom. The van der Waals surface area contributed by atoms with Crippen LogP contribution in [0.1, 0.15) is 6.42 Å². The average Bonchev–Trinajstić information content (AvgIpc) is 2.33. The lowest BCUT2D eigenvalue weighted by molar-refractivity contribution is 0.0707. The Morgan fingerprint density at radius 1 is 1.67 bits per heavy atom. The summed E-state index contributed by atoms with van der Waals surface area (Å²) in [5, 5.41) is 6.40. The third-order valence-corrected chi connectivity index (χ3v) is 1.79. The van der Waals surface area contributed by atoms with Gasteiger partial charge in [0.25, 0.3) is 0 Å². The molecule has 3 nitrogen and oxygen atoms in total. The van der Waals surface area contributed by atoms with Gasteiger partial charge >= 0.3 is 0 Å². The Morgan fingerprint density at radius 2 is 2.44 bits per heavy atom. The summed E-state index contributed by atoms with van der Waals surface area (Å²) in [6.45, 7) is 1.06. The van der Waals surface area contributed by atoms with Crippen LogP contribution < -0.4 is 10.6 Å². The first kappa shape index (κ1) is 6.99. The van der Waals surface area contributed by atoms with Crippen molar-refractivity contribution in [3.05, 3.63) is 0 Å². The maximum Gasteiger partial charge on any atom is 0.123 e. The Hall–Kier alpha value is -0.120. The number of rotatable bonds is 2. The molecule has 1 heterocycles. The standard InChI is InChI=1S/C6H14N2O/c1-7-5-3-4-8-6(5)9-2/h5-8H,3-4H2,1-2H3. The molecule has 0 aliphatic carbocycles. The van der Waals surface area contributed by atoms with Crippen molar-refractivity contribution >= 4 is 0 Å². The highest BCUT2D eigenvalue weighted by Crippen LogP contribution is 2.05. The van der Waals surface area contributed by atoms with Crippen LogP contribution in [0.2, 0.25) is 0 Å². The molecule has 0 aromatic carbocycles. The van der Waals surface area contributed by atoms with Gasteiger partial charge < -0.3 is 10.1 Å². The highest BCUT2D eigenvalue weighted by Gasteiger charge is 2.24. The molecule has 1 saturated heterocycles. The summed E-state index contributed by atoms with van der Waals surface area (Å²) in [5.74, 6) is 0. The second-order valence-electron chi connectivity index (χ2n) is 2.29. The lowest BCUT2D eigenvalue weighted by Crippen LogP contribution is -2.39. The molecule has 0 bridgehead atoms. The summed E-state index contributed by atoms with van der Waals surface area (Å²) >= 11 is 0. The number of nitrogens with one attached hydrogen (secondary N) is 2. The molecule has 3 heteroatoms. The summed E-state index contributed by atoms with van der Waals surface area (Å²) < 4.78 is 5.14. The molecule has 0 radical (unpaired) electrons. The van der Waals surface area contributed by atoms with Gasteiger partial charge in [-0.25, -0.2) is 0 Å². The van der Waals surface area contributed by atoms with Crippen LogP contribution >= 0.6 is 0 Å². The van der Waals surface area contributed by atoms with Gasteiger partial charge in [0.1, 0.15) is 6.23 Å². The van der Waals surface area contributed by atoms with E-state index in [1.54, 1.807) is 7.11 Å². The fraction of sp³-hybridized carbons (Fsp3) is 1.00. The van der Waals surface area contributed by atoms with Gasteiger partial charge in [0.15, 0.2) is 0 Å². The second kappa shape index (κ2) is 3.15. The van der Waals surface area contributed by atoms with Gasteiger partial charge in [-0.1, -0.05) is 0 Å². The summed E-state index contributed by atoms with van der Waals surface area (Å²) in [7, 11) is 3.69. The predicted molar refractivity (Wildman–Crippen MR) is 36.3 cm³/mol. The maximum atomic E-state index is 5.14. The van der Waals surface area contributed by atoms with Gasteiger partial charge in [-0.15, -0.1) is 0 Å². The van der Waals surface area contributed by atoms with E-state index in [4.69, 9.17) is 4.74 Å². The number of hydrogen-bond donors (Lipinski definition) is 2. The van der Waals surface area contributed by atoms with E-state index >= 15 is 0 Å². The molecular weight excluding hydrogens is 116 g/mol. The van der Waals surface area contributed by atoms with Crippen molar-refractivity contribution in [2.24, 2.45) is 0 Å². The zero-order chi connectivity index (χ0) is 6.69. The Labute approximate surface area is 55.8 Å². The van der Waals surface area contributed by atoms with E-state index in [9.17, 15) is 0 Å². The largest absolute Gasteiger partial charge is 0.365 e. The minimum Gasteiger partial charge on any atom is -0.365 e. The number of methoxy groups -OCH3 is 1. The van der Waals surface area contributed by atoms with Crippen molar-refractivity contribution in [1.29, 1.82) is 0 Å². The molecule has 2 atom stereocenters. The first-order chi connectivity index (χ1) is 4.38. The van der Waals surface area contributed by atoms with Gasteiger partial charge in [0, 0.05) is 13.2 Å². The molecule has 2 N–H and O–H groups in total. The number of ether oxygens (including phenoxy) is 1. The van der Waals surface area contributed by atoms with Crippen molar-refractivity contribution in [2.75, 3.05) is 20.7 Å².